The first-order chi connectivity index (χ1) is 8.83. The van der Waals surface area contributed by atoms with E-state index in [4.69, 9.17) is 0 Å². The van der Waals surface area contributed by atoms with Crippen LogP contribution in [0.5, 0.6) is 0 Å². The summed E-state index contributed by atoms with van der Waals surface area (Å²) in [6.45, 7) is 5.10. The van der Waals surface area contributed by atoms with Gasteiger partial charge in [0, 0.05) is 30.2 Å². The normalized spacial score (nSPS) is 19.4. The van der Waals surface area contributed by atoms with Crippen LogP contribution < -0.4 is 10.2 Å². The molecule has 0 spiro atoms. The second-order valence-corrected chi connectivity index (χ2v) is 5.49. The quantitative estimate of drug-likeness (QED) is 0.898. The predicted octanol–water partition coefficient (Wildman–Crippen LogP) is 2.64. The Hall–Kier alpha value is -1.39. The lowest BCUT2D eigenvalue weighted by Gasteiger charge is -2.25. The first kappa shape index (κ1) is 11.7. The molecule has 2 heterocycles. The van der Waals surface area contributed by atoms with Crippen LogP contribution in [0.1, 0.15) is 18.2 Å². The maximum Gasteiger partial charge on any atom is 0.0795 e. The highest BCUT2D eigenvalue weighted by atomic mass is 32.1. The van der Waals surface area contributed by atoms with E-state index in [-0.39, 0.29) is 0 Å². The zero-order chi connectivity index (χ0) is 12.4. The van der Waals surface area contributed by atoms with E-state index < -0.39 is 0 Å². The number of anilines is 1. The Kier molecular flexibility index (Phi) is 3.30. The van der Waals surface area contributed by atoms with E-state index in [1.807, 2.05) is 5.51 Å². The van der Waals surface area contributed by atoms with Gasteiger partial charge in [-0.05, 0) is 18.6 Å². The van der Waals surface area contributed by atoms with E-state index in [9.17, 15) is 0 Å². The molecule has 0 amide bonds. The van der Waals surface area contributed by atoms with Crippen LogP contribution in [-0.2, 0) is 13.1 Å². The third-order valence-electron chi connectivity index (χ3n) is 3.30. The van der Waals surface area contributed by atoms with Crippen molar-refractivity contribution < 1.29 is 0 Å². The van der Waals surface area contributed by atoms with Gasteiger partial charge in [-0.2, -0.15) is 0 Å². The zero-order valence-corrected chi connectivity index (χ0v) is 11.3. The third-order valence-corrected chi connectivity index (χ3v) is 3.94. The van der Waals surface area contributed by atoms with Gasteiger partial charge in [0.2, 0.25) is 0 Å². The Morgan fingerprint density at radius 2 is 2.33 bits per heavy atom. The number of hydrogen-bond donors (Lipinski definition) is 1. The van der Waals surface area contributed by atoms with Gasteiger partial charge in [0.05, 0.1) is 17.7 Å². The first-order valence-corrected chi connectivity index (χ1v) is 7.20. The lowest BCUT2D eigenvalue weighted by Crippen LogP contribution is -2.35. The number of benzene rings is 1. The number of nitrogens with one attached hydrogen (secondary N) is 1. The van der Waals surface area contributed by atoms with E-state index in [1.54, 1.807) is 11.3 Å². The Morgan fingerprint density at radius 3 is 3.17 bits per heavy atom. The molecule has 94 valence electrons. The van der Waals surface area contributed by atoms with E-state index in [1.165, 1.54) is 11.3 Å². The van der Waals surface area contributed by atoms with Gasteiger partial charge in [-0.1, -0.05) is 18.2 Å². The standard InChI is InChI=1S/C14H17N3S/c1-11-7-17(8-13-9-18-10-16-13)14-5-3-2-4-12(14)6-15-11/h2-5,9-11,15H,6-8H2,1H3. The molecule has 18 heavy (non-hydrogen) atoms. The second-order valence-electron chi connectivity index (χ2n) is 4.77. The van der Waals surface area contributed by atoms with Crippen LogP contribution in [0, 0.1) is 0 Å². The van der Waals surface area contributed by atoms with Gasteiger partial charge in [0.25, 0.3) is 0 Å². The van der Waals surface area contributed by atoms with Gasteiger partial charge >= 0.3 is 0 Å². The van der Waals surface area contributed by atoms with Crippen LogP contribution >= 0.6 is 11.3 Å². The molecule has 1 atom stereocenters. The Balaban J connectivity index is 1.91. The fourth-order valence-electron chi connectivity index (χ4n) is 2.41. The minimum absolute atomic E-state index is 0.496. The van der Waals surface area contributed by atoms with Crippen molar-refractivity contribution in [3.63, 3.8) is 0 Å². The molecule has 0 bridgehead atoms. The Bertz CT molecular complexity index is 510. The van der Waals surface area contributed by atoms with Gasteiger partial charge in [-0.15, -0.1) is 11.3 Å². The average molecular weight is 259 g/mol. The number of aromatic nitrogens is 1. The van der Waals surface area contributed by atoms with E-state index >= 15 is 0 Å². The highest BCUT2D eigenvalue weighted by molar-refractivity contribution is 7.07. The van der Waals surface area contributed by atoms with E-state index in [0.717, 1.165) is 25.3 Å². The van der Waals surface area contributed by atoms with E-state index in [2.05, 4.69) is 51.8 Å². The average Bonchev–Trinajstić information content (AvgIpc) is 2.83. The number of nitrogens with zero attached hydrogens (tertiary/aromatic N) is 2. The number of hydrogen-bond acceptors (Lipinski definition) is 4. The summed E-state index contributed by atoms with van der Waals surface area (Å²) >= 11 is 1.66. The third kappa shape index (κ3) is 2.40. The van der Waals surface area contributed by atoms with Crippen molar-refractivity contribution >= 4 is 17.0 Å². The molecule has 0 fully saturated rings. The van der Waals surface area contributed by atoms with Crippen molar-refractivity contribution in [1.82, 2.24) is 10.3 Å². The Morgan fingerprint density at radius 1 is 1.44 bits per heavy atom. The summed E-state index contributed by atoms with van der Waals surface area (Å²) in [4.78, 5) is 6.82. The molecule has 0 saturated carbocycles. The van der Waals surface area contributed by atoms with Crippen molar-refractivity contribution in [2.24, 2.45) is 0 Å². The minimum Gasteiger partial charge on any atom is -0.364 e. The van der Waals surface area contributed by atoms with Crippen molar-refractivity contribution in [2.45, 2.75) is 26.1 Å². The van der Waals surface area contributed by atoms with Gasteiger partial charge in [-0.25, -0.2) is 4.98 Å². The summed E-state index contributed by atoms with van der Waals surface area (Å²) in [6.07, 6.45) is 0. The largest absolute Gasteiger partial charge is 0.364 e. The topological polar surface area (TPSA) is 28.2 Å². The highest BCUT2D eigenvalue weighted by Crippen LogP contribution is 2.24. The van der Waals surface area contributed by atoms with Gasteiger partial charge < -0.3 is 10.2 Å². The molecular weight excluding hydrogens is 242 g/mol. The molecule has 3 nitrogen and oxygen atoms in total. The lowest BCUT2D eigenvalue weighted by molar-refractivity contribution is 0.551. The molecule has 1 unspecified atom stereocenters. The van der Waals surface area contributed by atoms with Gasteiger partial charge in [0.15, 0.2) is 0 Å². The second kappa shape index (κ2) is 5.08. The van der Waals surface area contributed by atoms with Crippen LogP contribution in [0.25, 0.3) is 0 Å². The molecule has 4 heteroatoms. The van der Waals surface area contributed by atoms with Gasteiger partial charge in [0.1, 0.15) is 0 Å². The summed E-state index contributed by atoms with van der Waals surface area (Å²) in [5, 5.41) is 5.68. The summed E-state index contributed by atoms with van der Waals surface area (Å²) in [5.41, 5.74) is 5.77. The molecule has 0 saturated heterocycles. The summed E-state index contributed by atoms with van der Waals surface area (Å²) in [7, 11) is 0. The number of rotatable bonds is 2. The molecule has 2 aromatic rings. The zero-order valence-electron chi connectivity index (χ0n) is 10.5. The maximum absolute atomic E-state index is 4.40. The molecule has 1 aromatic heterocycles. The van der Waals surface area contributed by atoms with Crippen molar-refractivity contribution in [3.05, 3.63) is 46.4 Å². The van der Waals surface area contributed by atoms with Crippen molar-refractivity contribution in [3.8, 4) is 0 Å². The smallest absolute Gasteiger partial charge is 0.0795 e. The number of fused-ring (bicyclic) bond motifs is 1. The van der Waals surface area contributed by atoms with Crippen molar-refractivity contribution in [1.29, 1.82) is 0 Å². The van der Waals surface area contributed by atoms with Gasteiger partial charge in [-0.3, -0.25) is 0 Å². The number of para-hydroxylation sites is 1. The predicted molar refractivity (Wildman–Crippen MR) is 75.9 cm³/mol. The molecular formula is C14H17N3S. The summed E-state index contributed by atoms with van der Waals surface area (Å²) in [5.74, 6) is 0. The fourth-order valence-corrected chi connectivity index (χ4v) is 2.96. The minimum atomic E-state index is 0.496. The molecule has 1 aliphatic heterocycles. The van der Waals surface area contributed by atoms with E-state index in [0.29, 0.717) is 6.04 Å². The first-order valence-electron chi connectivity index (χ1n) is 6.26. The van der Waals surface area contributed by atoms with Crippen LogP contribution in [0.4, 0.5) is 5.69 Å². The highest BCUT2D eigenvalue weighted by Gasteiger charge is 2.18. The SMILES string of the molecule is CC1CN(Cc2cscn2)c2ccccc2CN1. The number of thiazole rings is 1. The molecule has 3 rings (SSSR count). The molecule has 0 radical (unpaired) electrons. The fraction of sp³-hybridized carbons (Fsp3) is 0.357. The monoisotopic (exact) mass is 259 g/mol. The summed E-state index contributed by atoms with van der Waals surface area (Å²) in [6, 6.07) is 9.13. The molecule has 1 aromatic carbocycles. The Labute approximate surface area is 111 Å². The summed E-state index contributed by atoms with van der Waals surface area (Å²) < 4.78 is 0. The van der Waals surface area contributed by atoms with Crippen LogP contribution in [0.3, 0.4) is 0 Å². The van der Waals surface area contributed by atoms with Crippen LogP contribution in [-0.4, -0.2) is 17.6 Å². The maximum atomic E-state index is 4.40. The van der Waals surface area contributed by atoms with Crippen molar-refractivity contribution in [2.75, 3.05) is 11.4 Å². The molecule has 1 N–H and O–H groups in total. The molecule has 1 aliphatic rings. The van der Waals surface area contributed by atoms with Crippen LogP contribution in [0.15, 0.2) is 35.2 Å². The van der Waals surface area contributed by atoms with Crippen LogP contribution in [0.2, 0.25) is 0 Å². The lowest BCUT2D eigenvalue weighted by atomic mass is 10.1. The molecule has 0 aliphatic carbocycles.